The highest BCUT2D eigenvalue weighted by Gasteiger charge is 2.19. The molecule has 3 N–H and O–H groups in total. The van der Waals surface area contributed by atoms with E-state index in [9.17, 15) is 15.3 Å². The molecule has 9 aromatic rings. The van der Waals surface area contributed by atoms with E-state index in [4.69, 9.17) is 15.0 Å². The highest BCUT2D eigenvalue weighted by molar-refractivity contribution is 5.86. The summed E-state index contributed by atoms with van der Waals surface area (Å²) in [5.74, 6) is 0.570. The fourth-order valence-corrected chi connectivity index (χ4v) is 10.3. The van der Waals surface area contributed by atoms with Crippen LogP contribution in [0, 0.1) is 20.8 Å². The van der Waals surface area contributed by atoms with Gasteiger partial charge in [0.1, 0.15) is 17.2 Å². The van der Waals surface area contributed by atoms with Crippen molar-refractivity contribution in [2.75, 3.05) is 39.3 Å². The minimum absolute atomic E-state index is 0.190. The Hall–Kier alpha value is -9.19. The molecule has 0 fully saturated rings. The molecule has 16 heteroatoms. The molecule has 0 atom stereocenters. The molecule has 0 spiro atoms. The molecule has 6 heterocycles. The maximum Gasteiger partial charge on any atom is 0.128 e. The van der Waals surface area contributed by atoms with Crippen molar-refractivity contribution in [3.8, 4) is 17.2 Å². The Bertz CT molecular complexity index is 3080. The van der Waals surface area contributed by atoms with Crippen LogP contribution >= 0.6 is 0 Å². The second kappa shape index (κ2) is 31.5. The van der Waals surface area contributed by atoms with Gasteiger partial charge >= 0.3 is 0 Å². The molecule has 3 aromatic carbocycles. The number of aromatic nitrogens is 6. The number of aliphatic imine (C=N–C) groups is 3. The van der Waals surface area contributed by atoms with Crippen molar-refractivity contribution in [1.29, 1.82) is 0 Å². The number of hydrogen-bond donors (Lipinski definition) is 3. The zero-order chi connectivity index (χ0) is 59.0. The van der Waals surface area contributed by atoms with Gasteiger partial charge in [0.2, 0.25) is 0 Å². The molecule has 0 unspecified atom stereocenters. The largest absolute Gasteiger partial charge is 0.507 e. The van der Waals surface area contributed by atoms with Gasteiger partial charge in [0.05, 0.1) is 53.8 Å². The fraction of sp³-hybridized carbons (Fsp3) is 0.261. The molecular formula is C69H75N13O3. The lowest BCUT2D eigenvalue weighted by Crippen LogP contribution is -2.31. The summed E-state index contributed by atoms with van der Waals surface area (Å²) >= 11 is 0. The van der Waals surface area contributed by atoms with E-state index >= 15 is 0 Å². The Labute approximate surface area is 499 Å². The molecule has 85 heavy (non-hydrogen) atoms. The molecular weight excluding hydrogens is 1060 g/mol. The first-order chi connectivity index (χ1) is 41.6. The predicted molar refractivity (Wildman–Crippen MR) is 337 cm³/mol. The molecule has 6 aromatic heterocycles. The second-order valence-electron chi connectivity index (χ2n) is 21.4. The van der Waals surface area contributed by atoms with Gasteiger partial charge in [-0.05, 0) is 128 Å². The van der Waals surface area contributed by atoms with Gasteiger partial charge < -0.3 is 15.3 Å². The van der Waals surface area contributed by atoms with Crippen molar-refractivity contribution < 1.29 is 15.3 Å². The van der Waals surface area contributed by atoms with Crippen molar-refractivity contribution in [2.45, 2.75) is 79.7 Å². The third-order valence-electron chi connectivity index (χ3n) is 14.3. The Morgan fingerprint density at radius 3 is 0.765 bits per heavy atom. The van der Waals surface area contributed by atoms with Crippen LogP contribution in [0.15, 0.2) is 198 Å². The van der Waals surface area contributed by atoms with E-state index in [0.717, 1.165) is 67.5 Å². The van der Waals surface area contributed by atoms with E-state index in [1.807, 2.05) is 166 Å². The molecule has 0 saturated heterocycles. The standard InChI is InChI=1S/C69H75N13O3/c1-52-34-55(67(83)58(37-52)43-80(46-61-16-4-10-22-73-61)47-62-17-5-11-23-74-62)40-70-28-31-79(32-29-71-41-56-35-53(2)38-59(68(56)84)44-81(48-63-18-6-12-24-75-63)49-64-19-7-13-25-76-64)33-30-72-42-57-36-54(3)39-60(69(57)85)45-82(50-65-20-8-14-26-77-65)51-66-21-9-15-27-78-66/h4-27,34-42,83-85H,28-33,43-51H2,1-3H3. The summed E-state index contributed by atoms with van der Waals surface area (Å²) in [5.41, 5.74) is 12.9. The van der Waals surface area contributed by atoms with Crippen molar-refractivity contribution in [3.63, 3.8) is 0 Å². The fourth-order valence-electron chi connectivity index (χ4n) is 10.3. The van der Waals surface area contributed by atoms with E-state index in [0.29, 0.717) is 115 Å². The average Bonchev–Trinajstić information content (AvgIpc) is 3.70. The van der Waals surface area contributed by atoms with Gasteiger partial charge in [-0.2, -0.15) is 0 Å². The zero-order valence-corrected chi connectivity index (χ0v) is 48.8. The Morgan fingerprint density at radius 2 is 0.553 bits per heavy atom. The van der Waals surface area contributed by atoms with Crippen LogP contribution in [0.1, 0.15) is 84.2 Å². The number of hydrogen-bond acceptors (Lipinski definition) is 16. The Morgan fingerprint density at radius 1 is 0.318 bits per heavy atom. The molecule has 0 radical (unpaired) electrons. The van der Waals surface area contributed by atoms with E-state index < -0.39 is 0 Å². The van der Waals surface area contributed by atoms with Crippen LogP contribution in [0.3, 0.4) is 0 Å². The second-order valence-corrected chi connectivity index (χ2v) is 21.4. The van der Waals surface area contributed by atoms with Crippen LogP contribution in [0.5, 0.6) is 17.2 Å². The number of benzene rings is 3. The first-order valence-corrected chi connectivity index (χ1v) is 28.8. The summed E-state index contributed by atoms with van der Waals surface area (Å²) in [6, 6.07) is 47.4. The number of pyridine rings is 6. The maximum atomic E-state index is 11.8. The highest BCUT2D eigenvalue weighted by Crippen LogP contribution is 2.29. The molecule has 0 bridgehead atoms. The van der Waals surface area contributed by atoms with Gasteiger partial charge in [0, 0.05) is 168 Å². The lowest BCUT2D eigenvalue weighted by molar-refractivity contribution is 0.238. The zero-order valence-electron chi connectivity index (χ0n) is 48.8. The SMILES string of the molecule is Cc1cc(C=NCCN(CCN=Cc2cc(C)cc(CN(Cc3ccccn3)Cc3ccccn3)c2O)CCN=Cc2cc(C)cc(CN(Cc3ccccn3)Cc3ccccn3)c2O)c(O)c(CN(Cc2ccccn2)Cc2ccccn2)c1. The van der Waals surface area contributed by atoms with Crippen LogP contribution in [0.25, 0.3) is 0 Å². The van der Waals surface area contributed by atoms with Crippen molar-refractivity contribution in [1.82, 2.24) is 49.5 Å². The first-order valence-electron chi connectivity index (χ1n) is 28.8. The van der Waals surface area contributed by atoms with Crippen molar-refractivity contribution in [2.24, 2.45) is 15.0 Å². The summed E-state index contributed by atoms with van der Waals surface area (Å²) in [5, 5.41) is 35.3. The van der Waals surface area contributed by atoms with Crippen LogP contribution < -0.4 is 0 Å². The Balaban J connectivity index is 0.900. The molecule has 0 aliphatic carbocycles. The third kappa shape index (κ3) is 19.2. The minimum Gasteiger partial charge on any atom is -0.507 e. The van der Waals surface area contributed by atoms with Gasteiger partial charge in [-0.3, -0.25) is 64.5 Å². The van der Waals surface area contributed by atoms with Crippen LogP contribution in [-0.2, 0) is 58.9 Å². The quantitative estimate of drug-likeness (QED) is 0.0361. The molecule has 434 valence electrons. The number of rotatable bonds is 30. The molecule has 0 amide bonds. The normalized spacial score (nSPS) is 11.9. The van der Waals surface area contributed by atoms with Crippen LogP contribution in [-0.4, -0.2) is 123 Å². The molecule has 0 aliphatic rings. The first kappa shape index (κ1) is 60.4. The summed E-state index contributed by atoms with van der Waals surface area (Å²) in [6.45, 7) is 14.1. The number of phenolic OH excluding ortho intramolecular Hbond substituents is 3. The Kier molecular flexibility index (Phi) is 22.4. The molecule has 0 saturated carbocycles. The highest BCUT2D eigenvalue weighted by atomic mass is 16.3. The van der Waals surface area contributed by atoms with E-state index in [-0.39, 0.29) is 17.2 Å². The average molecular weight is 1130 g/mol. The maximum absolute atomic E-state index is 11.8. The van der Waals surface area contributed by atoms with Gasteiger partial charge in [0.25, 0.3) is 0 Å². The summed E-state index contributed by atoms with van der Waals surface area (Å²) in [4.78, 5) is 51.1. The number of aromatic hydroxyl groups is 3. The van der Waals surface area contributed by atoms with Crippen molar-refractivity contribution >= 4 is 18.6 Å². The minimum atomic E-state index is 0.190. The lowest BCUT2D eigenvalue weighted by Gasteiger charge is -2.23. The predicted octanol–water partition coefficient (Wildman–Crippen LogP) is 10.7. The molecule has 9 rings (SSSR count). The van der Waals surface area contributed by atoms with Crippen LogP contribution in [0.4, 0.5) is 0 Å². The van der Waals surface area contributed by atoms with E-state index in [2.05, 4.69) is 49.5 Å². The van der Waals surface area contributed by atoms with Gasteiger partial charge in [0.15, 0.2) is 0 Å². The lowest BCUT2D eigenvalue weighted by atomic mass is 10.0. The van der Waals surface area contributed by atoms with Gasteiger partial charge in [-0.1, -0.05) is 54.6 Å². The molecule has 0 aliphatic heterocycles. The van der Waals surface area contributed by atoms with Gasteiger partial charge in [-0.15, -0.1) is 0 Å². The molecule has 16 nitrogen and oxygen atoms in total. The summed E-state index contributed by atoms with van der Waals surface area (Å²) < 4.78 is 0. The topological polar surface area (TPSA) is 188 Å². The van der Waals surface area contributed by atoms with Crippen molar-refractivity contribution in [3.05, 3.63) is 267 Å². The van der Waals surface area contributed by atoms with E-state index in [1.165, 1.54) is 0 Å². The monoisotopic (exact) mass is 1130 g/mol. The van der Waals surface area contributed by atoms with Gasteiger partial charge in [-0.25, -0.2) is 0 Å². The smallest absolute Gasteiger partial charge is 0.128 e. The summed E-state index contributed by atoms with van der Waals surface area (Å²) in [6.07, 6.45) is 16.1. The number of nitrogens with zero attached hydrogens (tertiary/aromatic N) is 13. The number of phenols is 3. The number of aryl methyl sites for hydroxylation is 3. The van der Waals surface area contributed by atoms with Crippen LogP contribution in [0.2, 0.25) is 0 Å². The van der Waals surface area contributed by atoms with E-state index in [1.54, 1.807) is 55.8 Å². The third-order valence-corrected chi connectivity index (χ3v) is 14.3. The summed E-state index contributed by atoms with van der Waals surface area (Å²) in [7, 11) is 0.